The zero-order valence-corrected chi connectivity index (χ0v) is 24.3. The predicted molar refractivity (Wildman–Crippen MR) is 155 cm³/mol. The van der Waals surface area contributed by atoms with E-state index in [1.54, 1.807) is 18.4 Å². The van der Waals surface area contributed by atoms with Crippen molar-refractivity contribution in [1.29, 1.82) is 0 Å². The highest BCUT2D eigenvalue weighted by atomic mass is 79.9. The minimum atomic E-state index is -0.608. The van der Waals surface area contributed by atoms with Gasteiger partial charge in [-0.15, -0.1) is 0 Å². The number of carbonyl (C=O) groups excluding carboxylic acids is 1. The monoisotopic (exact) mass is 589 g/mol. The van der Waals surface area contributed by atoms with Crippen LogP contribution in [0.2, 0.25) is 0 Å². The number of hydrogen-bond donors (Lipinski definition) is 0. The molecule has 194 valence electrons. The Labute approximate surface area is 233 Å². The number of nitrogens with zero attached hydrogens (tertiary/aromatic N) is 3. The van der Waals surface area contributed by atoms with Gasteiger partial charge in [-0.25, -0.2) is 9.79 Å². The Morgan fingerprint density at radius 3 is 2.42 bits per heavy atom. The molecular weight excluding hydrogens is 562 g/mol. The summed E-state index contributed by atoms with van der Waals surface area (Å²) in [5.41, 5.74) is 6.84. The van der Waals surface area contributed by atoms with Gasteiger partial charge in [0.1, 0.15) is 0 Å². The molecule has 1 aliphatic heterocycles. The van der Waals surface area contributed by atoms with E-state index in [4.69, 9.17) is 4.74 Å². The summed E-state index contributed by atoms with van der Waals surface area (Å²) in [6, 6.07) is 17.5. The van der Waals surface area contributed by atoms with E-state index in [0.717, 1.165) is 38.2 Å². The van der Waals surface area contributed by atoms with E-state index in [9.17, 15) is 9.59 Å². The van der Waals surface area contributed by atoms with Crippen LogP contribution >= 0.6 is 27.3 Å². The highest BCUT2D eigenvalue weighted by Crippen LogP contribution is 2.31. The zero-order chi connectivity index (χ0) is 27.1. The van der Waals surface area contributed by atoms with Crippen molar-refractivity contribution < 1.29 is 9.53 Å². The van der Waals surface area contributed by atoms with Crippen LogP contribution in [-0.4, -0.2) is 21.7 Å². The Morgan fingerprint density at radius 1 is 1.08 bits per heavy atom. The van der Waals surface area contributed by atoms with Crippen LogP contribution in [0.3, 0.4) is 0 Å². The number of aryl methyl sites for hydroxylation is 2. The van der Waals surface area contributed by atoms with Gasteiger partial charge in [0.25, 0.3) is 5.56 Å². The van der Waals surface area contributed by atoms with Gasteiger partial charge >= 0.3 is 5.97 Å². The Kier molecular flexibility index (Phi) is 7.11. The van der Waals surface area contributed by atoms with E-state index in [-0.39, 0.29) is 12.2 Å². The number of aromatic nitrogens is 2. The molecule has 2 aromatic heterocycles. The molecule has 0 amide bonds. The highest BCUT2D eigenvalue weighted by molar-refractivity contribution is 9.10. The highest BCUT2D eigenvalue weighted by Gasteiger charge is 2.33. The molecule has 0 fully saturated rings. The van der Waals surface area contributed by atoms with E-state index >= 15 is 0 Å². The minimum Gasteiger partial charge on any atom is -0.463 e. The summed E-state index contributed by atoms with van der Waals surface area (Å²) in [7, 11) is 0. The molecule has 6 nitrogen and oxygen atoms in total. The van der Waals surface area contributed by atoms with E-state index < -0.39 is 12.0 Å². The molecule has 2 aromatic carbocycles. The van der Waals surface area contributed by atoms with Crippen molar-refractivity contribution in [3.63, 3.8) is 0 Å². The van der Waals surface area contributed by atoms with Gasteiger partial charge in [0.05, 0.1) is 28.5 Å². The molecule has 1 atom stereocenters. The molecular formula is C30H28BrN3O3S. The summed E-state index contributed by atoms with van der Waals surface area (Å²) in [5, 5.41) is 0. The summed E-state index contributed by atoms with van der Waals surface area (Å²) in [4.78, 5) is 32.2. The van der Waals surface area contributed by atoms with Gasteiger partial charge in [-0.05, 0) is 82.2 Å². The first-order valence-electron chi connectivity index (χ1n) is 12.4. The Bertz CT molecular complexity index is 1760. The predicted octanol–water partition coefficient (Wildman–Crippen LogP) is 5.28. The van der Waals surface area contributed by atoms with Crippen LogP contribution < -0.4 is 14.9 Å². The summed E-state index contributed by atoms with van der Waals surface area (Å²) in [5.74, 6) is -0.452. The molecule has 0 aliphatic carbocycles. The number of esters is 1. The molecule has 4 aromatic rings. The maximum Gasteiger partial charge on any atom is 0.338 e. The zero-order valence-electron chi connectivity index (χ0n) is 21.9. The topological polar surface area (TPSA) is 65.6 Å². The van der Waals surface area contributed by atoms with Gasteiger partial charge in [0.15, 0.2) is 4.80 Å². The third kappa shape index (κ3) is 4.63. The number of thiazole rings is 1. The van der Waals surface area contributed by atoms with Crippen LogP contribution in [0.5, 0.6) is 0 Å². The van der Waals surface area contributed by atoms with E-state index in [1.807, 2.05) is 49.4 Å². The smallest absolute Gasteiger partial charge is 0.338 e. The fourth-order valence-electron chi connectivity index (χ4n) is 4.92. The van der Waals surface area contributed by atoms with E-state index in [1.165, 1.54) is 11.3 Å². The van der Waals surface area contributed by atoms with Gasteiger partial charge in [-0.1, -0.05) is 57.1 Å². The van der Waals surface area contributed by atoms with Crippen LogP contribution in [0, 0.1) is 20.8 Å². The molecule has 1 aliphatic rings. The minimum absolute atomic E-state index is 0.179. The number of carbonyl (C=O) groups is 1. The summed E-state index contributed by atoms with van der Waals surface area (Å²) in [6.07, 6.45) is 1.93. The molecule has 0 unspecified atom stereocenters. The Hall–Kier alpha value is -3.49. The van der Waals surface area contributed by atoms with Crippen molar-refractivity contribution in [3.05, 3.63) is 118 Å². The lowest BCUT2D eigenvalue weighted by atomic mass is 9.95. The Balaban J connectivity index is 1.68. The van der Waals surface area contributed by atoms with Gasteiger partial charge < -0.3 is 9.30 Å². The second-order valence-corrected chi connectivity index (χ2v) is 11.3. The van der Waals surface area contributed by atoms with Crippen molar-refractivity contribution in [1.82, 2.24) is 9.13 Å². The quantitative estimate of drug-likeness (QED) is 0.298. The van der Waals surface area contributed by atoms with E-state index in [0.29, 0.717) is 20.6 Å². The summed E-state index contributed by atoms with van der Waals surface area (Å²) < 4.78 is 10.8. The second kappa shape index (κ2) is 10.3. The van der Waals surface area contributed by atoms with Crippen LogP contribution in [0.15, 0.2) is 80.1 Å². The third-order valence-electron chi connectivity index (χ3n) is 6.75. The third-order valence-corrected chi connectivity index (χ3v) is 8.26. The molecule has 0 saturated heterocycles. The lowest BCUT2D eigenvalue weighted by Gasteiger charge is -2.24. The van der Waals surface area contributed by atoms with Crippen LogP contribution in [0.4, 0.5) is 0 Å². The van der Waals surface area contributed by atoms with Crippen molar-refractivity contribution in [2.45, 2.75) is 40.7 Å². The number of allylic oxidation sites excluding steroid dienone is 1. The van der Waals surface area contributed by atoms with Crippen LogP contribution in [0.1, 0.15) is 48.0 Å². The lowest BCUT2D eigenvalue weighted by Crippen LogP contribution is -2.39. The van der Waals surface area contributed by atoms with Crippen LogP contribution in [-0.2, 0) is 9.53 Å². The van der Waals surface area contributed by atoms with Crippen LogP contribution in [0.25, 0.3) is 11.8 Å². The van der Waals surface area contributed by atoms with Crippen molar-refractivity contribution >= 4 is 39.3 Å². The molecule has 38 heavy (non-hydrogen) atoms. The average molecular weight is 591 g/mol. The van der Waals surface area contributed by atoms with Gasteiger partial charge in [-0.3, -0.25) is 9.36 Å². The molecule has 0 spiro atoms. The maximum absolute atomic E-state index is 13.9. The number of hydrogen-bond acceptors (Lipinski definition) is 5. The lowest BCUT2D eigenvalue weighted by molar-refractivity contribution is -0.139. The number of benzene rings is 2. The largest absolute Gasteiger partial charge is 0.463 e. The fourth-order valence-corrected chi connectivity index (χ4v) is 6.22. The normalized spacial score (nSPS) is 15.4. The molecule has 0 bridgehead atoms. The summed E-state index contributed by atoms with van der Waals surface area (Å²) in [6.45, 7) is 9.93. The number of fused-ring (bicyclic) bond motifs is 1. The van der Waals surface area contributed by atoms with E-state index in [2.05, 4.69) is 57.5 Å². The van der Waals surface area contributed by atoms with Gasteiger partial charge in [0.2, 0.25) is 0 Å². The Morgan fingerprint density at radius 2 is 1.76 bits per heavy atom. The molecule has 0 saturated carbocycles. The van der Waals surface area contributed by atoms with Gasteiger partial charge in [-0.2, -0.15) is 0 Å². The summed E-state index contributed by atoms with van der Waals surface area (Å²) >= 11 is 4.84. The number of ether oxygens (including phenoxy) is 1. The van der Waals surface area contributed by atoms with Gasteiger partial charge in [0, 0.05) is 21.5 Å². The molecule has 5 rings (SSSR count). The number of halogens is 1. The first-order chi connectivity index (χ1) is 18.2. The van der Waals surface area contributed by atoms with Crippen molar-refractivity contribution in [2.75, 3.05) is 6.61 Å². The SMILES string of the molecule is CCOC(=O)C1=C(C)N=c2sc(=Cc3cc(C)n(-c4ccc(Br)cc4)c3C)c(=O)n2[C@@H]1c1ccc(C)cc1. The first kappa shape index (κ1) is 26.1. The van der Waals surface area contributed by atoms with Crippen molar-refractivity contribution in [3.8, 4) is 5.69 Å². The standard InChI is InChI=1S/C30H28BrN3O3S/c1-6-37-29(36)26-19(4)32-30-34(27(26)21-9-7-17(2)8-10-21)28(35)25(38-30)16-22-15-18(3)33(20(22)5)24-13-11-23(31)12-14-24/h7-16,27H,6H2,1-5H3/t27-/m1/s1. The van der Waals surface area contributed by atoms with Crippen molar-refractivity contribution in [2.24, 2.45) is 4.99 Å². The first-order valence-corrected chi connectivity index (χ1v) is 14.0. The average Bonchev–Trinajstić information content (AvgIpc) is 3.34. The molecule has 3 heterocycles. The maximum atomic E-state index is 13.9. The molecule has 0 N–H and O–H groups in total. The molecule has 8 heteroatoms. The fraction of sp³-hybridized carbons (Fsp3) is 0.233. The number of rotatable bonds is 5. The molecule has 0 radical (unpaired) electrons. The second-order valence-electron chi connectivity index (χ2n) is 9.35.